The molecule has 0 spiro atoms. The number of phenolic OH excluding ortho intramolecular Hbond substituents is 1. The van der Waals surface area contributed by atoms with Crippen LogP contribution in [0.3, 0.4) is 0 Å². The molecule has 1 aromatic rings. The summed E-state index contributed by atoms with van der Waals surface area (Å²) in [5.41, 5.74) is 1.10. The number of carbonyl (C=O) groups is 2. The number of hydrogen-bond donors (Lipinski definition) is 1. The van der Waals surface area contributed by atoms with Gasteiger partial charge in [0.2, 0.25) is 5.91 Å². The summed E-state index contributed by atoms with van der Waals surface area (Å²) >= 11 is 1.81. The van der Waals surface area contributed by atoms with Gasteiger partial charge in [-0.05, 0) is 55.7 Å². The number of hydrogen-bond acceptors (Lipinski definition) is 4. The van der Waals surface area contributed by atoms with E-state index in [1.165, 1.54) is 0 Å². The van der Waals surface area contributed by atoms with E-state index in [-0.39, 0.29) is 23.6 Å². The van der Waals surface area contributed by atoms with Gasteiger partial charge in [-0.3, -0.25) is 9.59 Å². The monoisotopic (exact) mass is 376 g/mol. The number of benzene rings is 1. The van der Waals surface area contributed by atoms with E-state index in [9.17, 15) is 14.7 Å². The van der Waals surface area contributed by atoms with Crippen molar-refractivity contribution in [3.8, 4) is 5.75 Å². The highest BCUT2D eigenvalue weighted by molar-refractivity contribution is 7.98. The van der Waals surface area contributed by atoms with E-state index in [0.717, 1.165) is 31.6 Å². The summed E-state index contributed by atoms with van der Waals surface area (Å²) in [5, 5.41) is 10.2. The quantitative estimate of drug-likeness (QED) is 0.803. The lowest BCUT2D eigenvalue weighted by Crippen LogP contribution is -2.57. The van der Waals surface area contributed by atoms with Crippen LogP contribution >= 0.6 is 11.8 Å². The molecule has 0 aromatic heterocycles. The van der Waals surface area contributed by atoms with Crippen LogP contribution in [0, 0.1) is 12.8 Å². The van der Waals surface area contributed by atoms with Crippen LogP contribution in [0.2, 0.25) is 0 Å². The van der Waals surface area contributed by atoms with Gasteiger partial charge >= 0.3 is 0 Å². The van der Waals surface area contributed by atoms with Gasteiger partial charge in [-0.1, -0.05) is 12.1 Å². The average molecular weight is 377 g/mol. The van der Waals surface area contributed by atoms with Crippen LogP contribution in [0.4, 0.5) is 0 Å². The number of fused-ring (bicyclic) bond motifs is 1. The Balaban J connectivity index is 1.68. The largest absolute Gasteiger partial charge is 0.507 e. The highest BCUT2D eigenvalue weighted by Gasteiger charge is 2.40. The van der Waals surface area contributed by atoms with Crippen molar-refractivity contribution >= 4 is 23.6 Å². The molecular weight excluding hydrogens is 348 g/mol. The van der Waals surface area contributed by atoms with Gasteiger partial charge in [0.05, 0.1) is 5.56 Å². The second kappa shape index (κ2) is 8.33. The number of aromatic hydroxyl groups is 1. The molecule has 2 saturated heterocycles. The molecule has 1 aromatic carbocycles. The van der Waals surface area contributed by atoms with Crippen molar-refractivity contribution in [3.63, 3.8) is 0 Å². The van der Waals surface area contributed by atoms with Crippen LogP contribution in [0.15, 0.2) is 18.2 Å². The molecule has 26 heavy (non-hydrogen) atoms. The van der Waals surface area contributed by atoms with E-state index in [0.29, 0.717) is 36.6 Å². The van der Waals surface area contributed by atoms with Crippen LogP contribution < -0.4 is 0 Å². The number of amides is 2. The molecule has 0 unspecified atom stereocenters. The number of carbonyl (C=O) groups excluding carboxylic acids is 2. The minimum Gasteiger partial charge on any atom is -0.507 e. The Labute approximate surface area is 159 Å². The number of phenols is 1. The summed E-state index contributed by atoms with van der Waals surface area (Å²) in [6.45, 7) is 3.94. The maximum atomic E-state index is 12.9. The lowest BCUT2D eigenvalue weighted by molar-refractivity contribution is -0.140. The molecule has 2 amide bonds. The van der Waals surface area contributed by atoms with Crippen molar-refractivity contribution in [2.45, 2.75) is 38.6 Å². The summed E-state index contributed by atoms with van der Waals surface area (Å²) in [6.07, 6.45) is 5.37. The minimum atomic E-state index is -0.101. The molecule has 6 heteroatoms. The maximum Gasteiger partial charge on any atom is 0.257 e. The van der Waals surface area contributed by atoms with E-state index in [1.54, 1.807) is 19.1 Å². The predicted molar refractivity (Wildman–Crippen MR) is 105 cm³/mol. The summed E-state index contributed by atoms with van der Waals surface area (Å²) in [5.74, 6) is 1.65. The molecule has 2 aliphatic heterocycles. The van der Waals surface area contributed by atoms with Crippen molar-refractivity contribution in [2.24, 2.45) is 5.92 Å². The molecule has 0 saturated carbocycles. The fourth-order valence-electron chi connectivity index (χ4n) is 4.21. The van der Waals surface area contributed by atoms with Gasteiger partial charge in [-0.25, -0.2) is 0 Å². The van der Waals surface area contributed by atoms with Crippen LogP contribution in [-0.4, -0.2) is 64.4 Å². The fourth-order valence-corrected chi connectivity index (χ4v) is 4.63. The fraction of sp³-hybridized carbons (Fsp3) is 0.600. The van der Waals surface area contributed by atoms with Gasteiger partial charge in [-0.15, -0.1) is 0 Å². The summed E-state index contributed by atoms with van der Waals surface area (Å²) in [7, 11) is 0. The van der Waals surface area contributed by atoms with E-state index in [4.69, 9.17) is 0 Å². The smallest absolute Gasteiger partial charge is 0.257 e. The van der Waals surface area contributed by atoms with Crippen molar-refractivity contribution in [2.75, 3.05) is 31.6 Å². The number of thioether (sulfide) groups is 1. The number of rotatable bonds is 5. The number of piperidine rings is 2. The average Bonchev–Trinajstić information content (AvgIpc) is 2.65. The van der Waals surface area contributed by atoms with E-state index in [2.05, 4.69) is 11.2 Å². The normalized spacial score (nSPS) is 23.1. The molecule has 2 atom stereocenters. The van der Waals surface area contributed by atoms with E-state index < -0.39 is 0 Å². The van der Waals surface area contributed by atoms with E-state index in [1.807, 2.05) is 22.7 Å². The van der Waals surface area contributed by atoms with E-state index >= 15 is 0 Å². The third-order valence-corrected chi connectivity index (χ3v) is 6.34. The molecule has 0 aliphatic carbocycles. The number of aryl methyl sites for hydroxylation is 1. The first kappa shape index (κ1) is 19.1. The van der Waals surface area contributed by atoms with Crippen molar-refractivity contribution in [1.82, 2.24) is 9.80 Å². The lowest BCUT2D eigenvalue weighted by Gasteiger charge is -2.47. The zero-order valence-electron chi connectivity index (χ0n) is 15.6. The first-order valence-electron chi connectivity index (χ1n) is 9.39. The van der Waals surface area contributed by atoms with Gasteiger partial charge in [0.15, 0.2) is 0 Å². The van der Waals surface area contributed by atoms with Gasteiger partial charge in [0.25, 0.3) is 5.91 Å². The van der Waals surface area contributed by atoms with Crippen molar-refractivity contribution in [1.29, 1.82) is 0 Å². The summed E-state index contributed by atoms with van der Waals surface area (Å²) in [6, 6.07) is 5.56. The molecule has 0 bridgehead atoms. The van der Waals surface area contributed by atoms with Crippen LogP contribution in [-0.2, 0) is 4.79 Å². The second-order valence-corrected chi connectivity index (χ2v) is 8.30. The van der Waals surface area contributed by atoms with Gasteiger partial charge < -0.3 is 14.9 Å². The Morgan fingerprint density at radius 3 is 2.92 bits per heavy atom. The second-order valence-electron chi connectivity index (χ2n) is 7.31. The zero-order valence-corrected chi connectivity index (χ0v) is 16.4. The molecular formula is C20H28N2O3S. The summed E-state index contributed by atoms with van der Waals surface area (Å²) in [4.78, 5) is 29.2. The zero-order chi connectivity index (χ0) is 18.7. The molecule has 3 rings (SSSR count). The Morgan fingerprint density at radius 1 is 1.35 bits per heavy atom. The third kappa shape index (κ3) is 3.85. The van der Waals surface area contributed by atoms with Gasteiger partial charge in [0, 0.05) is 32.1 Å². The van der Waals surface area contributed by atoms with Gasteiger partial charge in [0.1, 0.15) is 5.75 Å². The highest BCUT2D eigenvalue weighted by atomic mass is 32.2. The Morgan fingerprint density at radius 2 is 2.15 bits per heavy atom. The Bertz CT molecular complexity index is 679. The van der Waals surface area contributed by atoms with Crippen molar-refractivity contribution in [3.05, 3.63) is 29.3 Å². The summed E-state index contributed by atoms with van der Waals surface area (Å²) < 4.78 is 0. The first-order chi connectivity index (χ1) is 12.5. The third-order valence-electron chi connectivity index (χ3n) is 5.65. The maximum absolute atomic E-state index is 12.9. The highest BCUT2D eigenvalue weighted by Crippen LogP contribution is 2.33. The van der Waals surface area contributed by atoms with Crippen LogP contribution in [0.1, 0.15) is 41.6 Å². The SMILES string of the molecule is CSCCCN1C(=O)CC[C@H]2CN(C(=O)c3cccc(C)c3O)CC[C@H]21. The molecule has 142 valence electrons. The lowest BCUT2D eigenvalue weighted by atomic mass is 9.83. The standard InChI is InChI=1S/C20H28N2O3S/c1-14-5-3-6-16(19(14)24)20(25)21-11-9-17-15(13-21)7-8-18(23)22(17)10-4-12-26-2/h3,5-6,15,17,24H,4,7-13H2,1-2H3/t15-,17+/m0/s1. The molecule has 2 aliphatic rings. The Kier molecular flexibility index (Phi) is 6.12. The van der Waals surface area contributed by atoms with Crippen LogP contribution in [0.25, 0.3) is 0 Å². The first-order valence-corrected chi connectivity index (χ1v) is 10.8. The van der Waals surface area contributed by atoms with Crippen molar-refractivity contribution < 1.29 is 14.7 Å². The Hall–Kier alpha value is -1.69. The predicted octanol–water partition coefficient (Wildman–Crippen LogP) is 2.91. The number of para-hydroxylation sites is 1. The molecule has 1 N–H and O–H groups in total. The minimum absolute atomic E-state index is 0.0807. The number of likely N-dealkylation sites (tertiary alicyclic amines) is 2. The molecule has 2 heterocycles. The topological polar surface area (TPSA) is 60.9 Å². The van der Waals surface area contributed by atoms with Crippen LogP contribution in [0.5, 0.6) is 5.75 Å². The molecule has 0 radical (unpaired) electrons. The number of nitrogens with zero attached hydrogens (tertiary/aromatic N) is 2. The van der Waals surface area contributed by atoms with Gasteiger partial charge in [-0.2, -0.15) is 11.8 Å². The molecule has 2 fully saturated rings. The molecule has 5 nitrogen and oxygen atoms in total.